The van der Waals surface area contributed by atoms with Crippen molar-refractivity contribution in [3.63, 3.8) is 0 Å². The summed E-state index contributed by atoms with van der Waals surface area (Å²) >= 11 is 0. The molecule has 0 saturated carbocycles. The van der Waals surface area contributed by atoms with Crippen LogP contribution in [0.5, 0.6) is 0 Å². The summed E-state index contributed by atoms with van der Waals surface area (Å²) in [5.41, 5.74) is 0.430. The molecule has 1 aromatic heterocycles. The van der Waals surface area contributed by atoms with E-state index >= 15 is 0 Å². The van der Waals surface area contributed by atoms with Crippen molar-refractivity contribution in [1.29, 1.82) is 5.26 Å². The molecule has 0 amide bonds. The minimum Gasteiger partial charge on any atom is -0.394 e. The third-order valence-corrected chi connectivity index (χ3v) is 2.98. The molecule has 1 aliphatic heterocycles. The Labute approximate surface area is 95.1 Å². The van der Waals surface area contributed by atoms with Crippen LogP contribution in [-0.4, -0.2) is 29.3 Å². The van der Waals surface area contributed by atoms with Gasteiger partial charge in [-0.2, -0.15) is 5.26 Å². The molecule has 84 valence electrons. The standard InChI is InChI=1S/C12H15N3O/c13-8-10-4-3-6-12(14-10)15-7-2-1-5-11(15)9-16/h3-4,6,11,16H,1-2,5,7,9H2. The monoisotopic (exact) mass is 217 g/mol. The maximum atomic E-state index is 9.31. The first-order chi connectivity index (χ1) is 7.85. The fourth-order valence-corrected chi connectivity index (χ4v) is 2.14. The number of aliphatic hydroxyl groups excluding tert-OH is 1. The van der Waals surface area contributed by atoms with Gasteiger partial charge in [0.15, 0.2) is 0 Å². The summed E-state index contributed by atoms with van der Waals surface area (Å²) in [5, 5.41) is 18.1. The molecule has 2 rings (SSSR count). The van der Waals surface area contributed by atoms with Crippen molar-refractivity contribution in [2.45, 2.75) is 25.3 Å². The Balaban J connectivity index is 2.24. The Morgan fingerprint density at radius 1 is 1.50 bits per heavy atom. The number of aliphatic hydroxyl groups is 1. The van der Waals surface area contributed by atoms with Gasteiger partial charge in [-0.25, -0.2) is 4.98 Å². The molecular formula is C12H15N3O. The van der Waals surface area contributed by atoms with Gasteiger partial charge in [-0.15, -0.1) is 0 Å². The van der Waals surface area contributed by atoms with Crippen LogP contribution in [0.4, 0.5) is 5.82 Å². The number of pyridine rings is 1. The molecule has 0 spiro atoms. The summed E-state index contributed by atoms with van der Waals surface area (Å²) in [6, 6.07) is 7.62. The van der Waals surface area contributed by atoms with E-state index < -0.39 is 0 Å². The van der Waals surface area contributed by atoms with Gasteiger partial charge in [0.2, 0.25) is 0 Å². The second-order valence-electron chi connectivity index (χ2n) is 4.02. The number of hydrogen-bond acceptors (Lipinski definition) is 4. The van der Waals surface area contributed by atoms with Crippen molar-refractivity contribution >= 4 is 5.82 Å². The Morgan fingerprint density at radius 3 is 3.12 bits per heavy atom. The van der Waals surface area contributed by atoms with E-state index in [1.165, 1.54) is 0 Å². The van der Waals surface area contributed by atoms with Crippen molar-refractivity contribution in [3.8, 4) is 6.07 Å². The lowest BCUT2D eigenvalue weighted by Gasteiger charge is -2.35. The summed E-state index contributed by atoms with van der Waals surface area (Å²) in [6.45, 7) is 1.06. The van der Waals surface area contributed by atoms with Crippen LogP contribution in [0.3, 0.4) is 0 Å². The molecule has 1 aromatic rings. The number of nitrogens with zero attached hydrogens (tertiary/aromatic N) is 3. The second-order valence-corrected chi connectivity index (χ2v) is 4.02. The van der Waals surface area contributed by atoms with Crippen molar-refractivity contribution < 1.29 is 5.11 Å². The maximum Gasteiger partial charge on any atom is 0.142 e. The zero-order chi connectivity index (χ0) is 11.4. The van der Waals surface area contributed by atoms with Gasteiger partial charge in [0, 0.05) is 6.54 Å². The van der Waals surface area contributed by atoms with Crippen molar-refractivity contribution in [1.82, 2.24) is 4.98 Å². The summed E-state index contributed by atoms with van der Waals surface area (Å²) in [4.78, 5) is 6.37. The van der Waals surface area contributed by atoms with Crippen LogP contribution in [0.25, 0.3) is 0 Å². The van der Waals surface area contributed by atoms with Crippen LogP contribution in [-0.2, 0) is 0 Å². The lowest BCUT2D eigenvalue weighted by Crippen LogP contribution is -2.42. The van der Waals surface area contributed by atoms with Crippen molar-refractivity contribution in [2.75, 3.05) is 18.1 Å². The van der Waals surface area contributed by atoms with Gasteiger partial charge in [-0.1, -0.05) is 6.07 Å². The van der Waals surface area contributed by atoms with E-state index in [9.17, 15) is 5.11 Å². The highest BCUT2D eigenvalue weighted by molar-refractivity contribution is 5.43. The Morgan fingerprint density at radius 2 is 2.38 bits per heavy atom. The summed E-state index contributed by atoms with van der Waals surface area (Å²) in [7, 11) is 0. The average Bonchev–Trinajstić information content (AvgIpc) is 2.38. The lowest BCUT2D eigenvalue weighted by molar-refractivity contribution is 0.239. The average molecular weight is 217 g/mol. The maximum absolute atomic E-state index is 9.31. The van der Waals surface area contributed by atoms with Gasteiger partial charge in [0.1, 0.15) is 17.6 Å². The zero-order valence-corrected chi connectivity index (χ0v) is 9.13. The predicted molar refractivity (Wildman–Crippen MR) is 61.0 cm³/mol. The van der Waals surface area contributed by atoms with E-state index in [4.69, 9.17) is 5.26 Å². The van der Waals surface area contributed by atoms with Gasteiger partial charge >= 0.3 is 0 Å². The highest BCUT2D eigenvalue weighted by atomic mass is 16.3. The van der Waals surface area contributed by atoms with Crippen LogP contribution in [0.15, 0.2) is 18.2 Å². The first-order valence-electron chi connectivity index (χ1n) is 5.60. The molecule has 1 fully saturated rings. The van der Waals surface area contributed by atoms with E-state index in [-0.39, 0.29) is 12.6 Å². The molecule has 0 aromatic carbocycles. The minimum absolute atomic E-state index is 0.148. The van der Waals surface area contributed by atoms with E-state index in [1.807, 2.05) is 18.2 Å². The first-order valence-corrected chi connectivity index (χ1v) is 5.60. The van der Waals surface area contributed by atoms with E-state index in [1.54, 1.807) is 6.07 Å². The van der Waals surface area contributed by atoms with Crippen molar-refractivity contribution in [2.24, 2.45) is 0 Å². The molecule has 0 radical (unpaired) electrons. The predicted octanol–water partition coefficient (Wildman–Crippen LogP) is 1.30. The van der Waals surface area contributed by atoms with E-state index in [0.29, 0.717) is 5.69 Å². The molecule has 16 heavy (non-hydrogen) atoms. The molecule has 4 heteroatoms. The largest absolute Gasteiger partial charge is 0.394 e. The number of nitriles is 1. The molecule has 0 bridgehead atoms. The number of piperidine rings is 1. The topological polar surface area (TPSA) is 60.2 Å². The summed E-state index contributed by atoms with van der Waals surface area (Å²) in [5.74, 6) is 0.804. The lowest BCUT2D eigenvalue weighted by atomic mass is 10.0. The molecular weight excluding hydrogens is 202 g/mol. The molecule has 0 aliphatic carbocycles. The highest BCUT2D eigenvalue weighted by Gasteiger charge is 2.22. The molecule has 2 heterocycles. The van der Waals surface area contributed by atoms with Crippen LogP contribution in [0.2, 0.25) is 0 Å². The fourth-order valence-electron chi connectivity index (χ4n) is 2.14. The molecule has 1 N–H and O–H groups in total. The normalized spacial score (nSPS) is 20.5. The van der Waals surface area contributed by atoms with Gasteiger partial charge in [0.05, 0.1) is 12.6 Å². The van der Waals surface area contributed by atoms with Gasteiger partial charge in [0.25, 0.3) is 0 Å². The smallest absolute Gasteiger partial charge is 0.142 e. The van der Waals surface area contributed by atoms with E-state index in [0.717, 1.165) is 31.6 Å². The molecule has 1 atom stereocenters. The van der Waals surface area contributed by atoms with Crippen LogP contribution in [0.1, 0.15) is 25.0 Å². The fraction of sp³-hybridized carbons (Fsp3) is 0.500. The van der Waals surface area contributed by atoms with Gasteiger partial charge in [-0.05, 0) is 31.4 Å². The quantitative estimate of drug-likeness (QED) is 0.811. The molecule has 1 saturated heterocycles. The third kappa shape index (κ3) is 2.15. The molecule has 1 aliphatic rings. The Hall–Kier alpha value is -1.60. The van der Waals surface area contributed by atoms with Crippen molar-refractivity contribution in [3.05, 3.63) is 23.9 Å². The number of rotatable bonds is 2. The van der Waals surface area contributed by atoms with E-state index in [2.05, 4.69) is 9.88 Å². The molecule has 1 unspecified atom stereocenters. The Kier molecular flexibility index (Phi) is 3.37. The number of anilines is 1. The van der Waals surface area contributed by atoms with Crippen LogP contribution in [0, 0.1) is 11.3 Å². The minimum atomic E-state index is 0.148. The second kappa shape index (κ2) is 4.95. The third-order valence-electron chi connectivity index (χ3n) is 2.98. The Bertz CT molecular complexity index is 399. The number of aromatic nitrogens is 1. The number of hydrogen-bond donors (Lipinski definition) is 1. The summed E-state index contributed by atoms with van der Waals surface area (Å²) in [6.07, 6.45) is 3.27. The van der Waals surface area contributed by atoms with Gasteiger partial charge < -0.3 is 10.0 Å². The van der Waals surface area contributed by atoms with Crippen LogP contribution < -0.4 is 4.90 Å². The SMILES string of the molecule is N#Cc1cccc(N2CCCCC2CO)n1. The summed E-state index contributed by atoms with van der Waals surface area (Å²) < 4.78 is 0. The zero-order valence-electron chi connectivity index (χ0n) is 9.13. The molecule has 4 nitrogen and oxygen atoms in total. The van der Waals surface area contributed by atoms with Crippen LogP contribution >= 0.6 is 0 Å². The van der Waals surface area contributed by atoms with Gasteiger partial charge in [-0.3, -0.25) is 0 Å². The highest BCUT2D eigenvalue weighted by Crippen LogP contribution is 2.22. The first kappa shape index (κ1) is 10.9.